The molecule has 0 radical (unpaired) electrons. The summed E-state index contributed by atoms with van der Waals surface area (Å²) < 4.78 is 5.25. The second-order valence-electron chi connectivity index (χ2n) is 4.35. The van der Waals surface area contributed by atoms with Gasteiger partial charge in [0, 0.05) is 22.5 Å². The lowest BCUT2D eigenvalue weighted by Gasteiger charge is -2.30. The molecular weight excluding hydrogens is 264 g/mol. The summed E-state index contributed by atoms with van der Waals surface area (Å²) in [5, 5.41) is 0.542. The Balaban J connectivity index is 2.20. The van der Waals surface area contributed by atoms with Crippen molar-refractivity contribution in [1.29, 1.82) is 0 Å². The molecule has 3 N–H and O–H groups in total. The molecule has 0 spiro atoms. The highest BCUT2D eigenvalue weighted by atomic mass is 32.2. The van der Waals surface area contributed by atoms with Crippen molar-refractivity contribution in [2.75, 3.05) is 24.4 Å². The summed E-state index contributed by atoms with van der Waals surface area (Å²) in [6.45, 7) is 2.11. The first-order chi connectivity index (χ1) is 8.76. The maximum absolute atomic E-state index is 5.77. The van der Waals surface area contributed by atoms with Gasteiger partial charge in [-0.25, -0.2) is 0 Å². The summed E-state index contributed by atoms with van der Waals surface area (Å²) >= 11 is 4.03. The maximum Gasteiger partial charge on any atom is 0.119 e. The number of aryl methyl sites for hydroxylation is 1. The summed E-state index contributed by atoms with van der Waals surface area (Å²) in [4.78, 5) is 0. The molecule has 1 aromatic rings. The molecular formula is C13H20N2OS2. The number of hydrazine groups is 1. The van der Waals surface area contributed by atoms with E-state index in [1.54, 1.807) is 7.11 Å². The minimum Gasteiger partial charge on any atom is -0.497 e. The fourth-order valence-electron chi connectivity index (χ4n) is 2.22. The van der Waals surface area contributed by atoms with Gasteiger partial charge in [-0.2, -0.15) is 23.5 Å². The van der Waals surface area contributed by atoms with Crippen LogP contribution in [0.2, 0.25) is 0 Å². The first-order valence-corrected chi connectivity index (χ1v) is 8.26. The Kier molecular flexibility index (Phi) is 5.24. The van der Waals surface area contributed by atoms with E-state index in [1.807, 2.05) is 29.6 Å². The molecule has 18 heavy (non-hydrogen) atoms. The van der Waals surface area contributed by atoms with E-state index in [-0.39, 0.29) is 6.04 Å². The number of thioether (sulfide) groups is 2. The number of hydrogen-bond acceptors (Lipinski definition) is 5. The number of ether oxygens (including phenoxy) is 1. The van der Waals surface area contributed by atoms with Crippen LogP contribution >= 0.6 is 23.5 Å². The van der Waals surface area contributed by atoms with Crippen molar-refractivity contribution in [1.82, 2.24) is 5.43 Å². The largest absolute Gasteiger partial charge is 0.497 e. The van der Waals surface area contributed by atoms with Crippen LogP contribution in [-0.2, 0) is 0 Å². The van der Waals surface area contributed by atoms with Gasteiger partial charge in [0.2, 0.25) is 0 Å². The molecule has 1 fully saturated rings. The zero-order chi connectivity index (χ0) is 13.0. The fourth-order valence-corrected chi connectivity index (χ4v) is 5.06. The predicted octanol–water partition coefficient (Wildman–Crippen LogP) is 2.36. The zero-order valence-electron chi connectivity index (χ0n) is 10.8. The SMILES string of the molecule is COc1ccc(C(NN)C2CSCCS2)c(C)c1. The quantitative estimate of drug-likeness (QED) is 0.656. The lowest BCUT2D eigenvalue weighted by Crippen LogP contribution is -2.38. The van der Waals surface area contributed by atoms with Gasteiger partial charge >= 0.3 is 0 Å². The van der Waals surface area contributed by atoms with Gasteiger partial charge in [-0.3, -0.25) is 11.3 Å². The van der Waals surface area contributed by atoms with E-state index in [1.165, 1.54) is 22.6 Å². The molecule has 0 aromatic heterocycles. The molecule has 1 aromatic carbocycles. The smallest absolute Gasteiger partial charge is 0.119 e. The summed E-state index contributed by atoms with van der Waals surface area (Å²) in [6, 6.07) is 6.42. The van der Waals surface area contributed by atoms with Crippen molar-refractivity contribution in [3.8, 4) is 5.75 Å². The Morgan fingerprint density at radius 3 is 2.83 bits per heavy atom. The molecule has 1 heterocycles. The Morgan fingerprint density at radius 1 is 1.44 bits per heavy atom. The molecule has 2 atom stereocenters. The molecule has 1 aliphatic heterocycles. The molecule has 0 bridgehead atoms. The van der Waals surface area contributed by atoms with Crippen molar-refractivity contribution in [3.05, 3.63) is 29.3 Å². The molecule has 3 nitrogen and oxygen atoms in total. The number of nitrogens with two attached hydrogens (primary N) is 1. The van der Waals surface area contributed by atoms with Crippen LogP contribution in [0.25, 0.3) is 0 Å². The van der Waals surface area contributed by atoms with E-state index >= 15 is 0 Å². The zero-order valence-corrected chi connectivity index (χ0v) is 12.4. The van der Waals surface area contributed by atoms with Crippen molar-refractivity contribution in [3.63, 3.8) is 0 Å². The van der Waals surface area contributed by atoms with Crippen LogP contribution in [0.3, 0.4) is 0 Å². The van der Waals surface area contributed by atoms with Crippen LogP contribution in [0, 0.1) is 6.92 Å². The Bertz CT molecular complexity index is 395. The molecule has 2 rings (SSSR count). The average Bonchev–Trinajstić information content (AvgIpc) is 2.42. The van der Waals surface area contributed by atoms with E-state index < -0.39 is 0 Å². The third kappa shape index (κ3) is 3.15. The van der Waals surface area contributed by atoms with Gasteiger partial charge in [-0.1, -0.05) is 6.07 Å². The number of nitrogens with one attached hydrogen (secondary N) is 1. The molecule has 0 saturated carbocycles. The first-order valence-electron chi connectivity index (χ1n) is 6.06. The lowest BCUT2D eigenvalue weighted by atomic mass is 9.99. The summed E-state index contributed by atoms with van der Waals surface area (Å²) in [5.41, 5.74) is 5.50. The Labute approximate surface area is 117 Å². The topological polar surface area (TPSA) is 47.3 Å². The highest BCUT2D eigenvalue weighted by molar-refractivity contribution is 8.06. The molecule has 1 aliphatic rings. The van der Waals surface area contributed by atoms with Gasteiger partial charge in [0.1, 0.15) is 5.75 Å². The summed E-state index contributed by atoms with van der Waals surface area (Å²) in [7, 11) is 1.70. The number of rotatable bonds is 4. The summed E-state index contributed by atoms with van der Waals surface area (Å²) in [6.07, 6.45) is 0. The van der Waals surface area contributed by atoms with Crippen molar-refractivity contribution >= 4 is 23.5 Å². The summed E-state index contributed by atoms with van der Waals surface area (Å²) in [5.74, 6) is 10.3. The van der Waals surface area contributed by atoms with Gasteiger partial charge in [0.25, 0.3) is 0 Å². The molecule has 0 aliphatic carbocycles. The normalized spacial score (nSPS) is 21.6. The van der Waals surface area contributed by atoms with Gasteiger partial charge in [-0.05, 0) is 30.2 Å². The van der Waals surface area contributed by atoms with E-state index in [0.29, 0.717) is 5.25 Å². The van der Waals surface area contributed by atoms with Crippen molar-refractivity contribution in [2.45, 2.75) is 18.2 Å². The third-order valence-electron chi connectivity index (χ3n) is 3.21. The predicted molar refractivity (Wildman–Crippen MR) is 81.4 cm³/mol. The van der Waals surface area contributed by atoms with E-state index in [4.69, 9.17) is 10.6 Å². The van der Waals surface area contributed by atoms with Gasteiger partial charge in [-0.15, -0.1) is 0 Å². The van der Waals surface area contributed by atoms with Gasteiger partial charge in [0.15, 0.2) is 0 Å². The number of methoxy groups -OCH3 is 1. The van der Waals surface area contributed by atoms with E-state index in [9.17, 15) is 0 Å². The van der Waals surface area contributed by atoms with Gasteiger partial charge < -0.3 is 4.74 Å². The molecule has 0 amide bonds. The molecule has 1 saturated heterocycles. The van der Waals surface area contributed by atoms with Crippen LogP contribution in [0.1, 0.15) is 17.2 Å². The maximum atomic E-state index is 5.77. The second-order valence-corrected chi connectivity index (χ2v) is 6.85. The number of benzene rings is 1. The van der Waals surface area contributed by atoms with Gasteiger partial charge in [0.05, 0.1) is 13.2 Å². The Hall–Kier alpha value is -0.360. The van der Waals surface area contributed by atoms with Crippen LogP contribution in [0.5, 0.6) is 5.75 Å². The van der Waals surface area contributed by atoms with Crippen LogP contribution in [-0.4, -0.2) is 29.6 Å². The van der Waals surface area contributed by atoms with E-state index in [0.717, 1.165) is 11.5 Å². The lowest BCUT2D eigenvalue weighted by molar-refractivity contribution is 0.414. The molecule has 5 heteroatoms. The minimum absolute atomic E-state index is 0.216. The van der Waals surface area contributed by atoms with Crippen LogP contribution in [0.15, 0.2) is 18.2 Å². The first kappa shape index (κ1) is 14.1. The van der Waals surface area contributed by atoms with Crippen molar-refractivity contribution in [2.24, 2.45) is 5.84 Å². The fraction of sp³-hybridized carbons (Fsp3) is 0.538. The Morgan fingerprint density at radius 2 is 2.28 bits per heavy atom. The monoisotopic (exact) mass is 284 g/mol. The third-order valence-corrected chi connectivity index (χ3v) is 6.07. The highest BCUT2D eigenvalue weighted by Gasteiger charge is 2.26. The highest BCUT2D eigenvalue weighted by Crippen LogP contribution is 2.35. The number of hydrogen-bond donors (Lipinski definition) is 2. The van der Waals surface area contributed by atoms with Crippen LogP contribution < -0.4 is 16.0 Å². The van der Waals surface area contributed by atoms with Crippen molar-refractivity contribution < 1.29 is 4.74 Å². The minimum atomic E-state index is 0.216. The van der Waals surface area contributed by atoms with Crippen LogP contribution in [0.4, 0.5) is 0 Å². The standard InChI is InChI=1S/C13H20N2OS2/c1-9-7-10(16-2)3-4-11(9)13(15-14)12-8-17-5-6-18-12/h3-4,7,12-13,15H,5-6,8,14H2,1-2H3. The van der Waals surface area contributed by atoms with E-state index in [2.05, 4.69) is 24.5 Å². The average molecular weight is 284 g/mol. The second kappa shape index (κ2) is 6.70. The molecule has 100 valence electrons. The molecule has 2 unspecified atom stereocenters.